The van der Waals surface area contributed by atoms with Crippen LogP contribution < -0.4 is 4.90 Å². The summed E-state index contributed by atoms with van der Waals surface area (Å²) >= 11 is 3.09. The maximum Gasteiger partial charge on any atom is 0.168 e. The van der Waals surface area contributed by atoms with E-state index in [-0.39, 0.29) is 0 Å². The second kappa shape index (κ2) is 6.68. The van der Waals surface area contributed by atoms with E-state index >= 15 is 0 Å². The van der Waals surface area contributed by atoms with Crippen molar-refractivity contribution in [2.24, 2.45) is 0 Å². The van der Waals surface area contributed by atoms with Crippen LogP contribution in [0.4, 0.5) is 11.5 Å². The van der Waals surface area contributed by atoms with Crippen LogP contribution in [0.3, 0.4) is 0 Å². The normalized spacial score (nSPS) is 12.7. The molecule has 1 aromatic carbocycles. The molecule has 0 amide bonds. The molecule has 2 aromatic rings. The third kappa shape index (κ3) is 2.97. The summed E-state index contributed by atoms with van der Waals surface area (Å²) in [6.07, 6.45) is 5.98. The van der Waals surface area contributed by atoms with E-state index in [1.807, 2.05) is 11.2 Å². The molecule has 22 heavy (non-hydrogen) atoms. The zero-order valence-electron chi connectivity index (χ0n) is 12.4. The van der Waals surface area contributed by atoms with Gasteiger partial charge in [-0.25, -0.2) is 9.97 Å². The van der Waals surface area contributed by atoms with Crippen LogP contribution in [0.15, 0.2) is 40.5 Å². The van der Waals surface area contributed by atoms with Crippen LogP contribution in [0, 0.1) is 5.41 Å². The molecule has 0 aliphatic carbocycles. The van der Waals surface area contributed by atoms with Gasteiger partial charge in [0.05, 0.1) is 10.7 Å². The number of fused-ring (bicyclic) bond motifs is 2. The summed E-state index contributed by atoms with van der Waals surface area (Å²) in [5, 5.41) is 9.40. The number of nitrogens with one attached hydrogen (secondary N) is 1. The number of hydrogen-bond donors (Lipinski definition) is 1. The average molecular weight is 332 g/mol. The van der Waals surface area contributed by atoms with Crippen molar-refractivity contribution in [1.82, 2.24) is 9.97 Å². The molecule has 1 N–H and O–H groups in total. The van der Waals surface area contributed by atoms with Gasteiger partial charge < -0.3 is 4.74 Å². The van der Waals surface area contributed by atoms with Crippen molar-refractivity contribution in [2.75, 3.05) is 25.0 Å². The van der Waals surface area contributed by atoms with Crippen molar-refractivity contribution in [3.05, 3.63) is 36.2 Å². The first-order chi connectivity index (χ1) is 10.7. The van der Waals surface area contributed by atoms with E-state index in [1.165, 1.54) is 11.8 Å². The Morgan fingerprint density at radius 1 is 1.36 bits per heavy atom. The number of hydrogen-bond acceptors (Lipinski definition) is 7. The predicted molar refractivity (Wildman–Crippen MR) is 91.6 cm³/mol. The van der Waals surface area contributed by atoms with Crippen LogP contribution in [0.5, 0.6) is 0 Å². The number of nitrogens with zero attached hydrogens (tertiary/aromatic N) is 3. The Bertz CT molecular complexity index is 708. The van der Waals surface area contributed by atoms with Crippen molar-refractivity contribution in [3.63, 3.8) is 0 Å². The molecule has 0 unspecified atom stereocenters. The molecule has 0 radical (unpaired) electrons. The molecule has 0 bridgehead atoms. The molecule has 3 rings (SSSR count). The quantitative estimate of drug-likeness (QED) is 0.682. The van der Waals surface area contributed by atoms with Crippen LogP contribution in [-0.4, -0.2) is 35.1 Å². The average Bonchev–Trinajstić information content (AvgIpc) is 2.55. The predicted octanol–water partition coefficient (Wildman–Crippen LogP) is 3.57. The van der Waals surface area contributed by atoms with Gasteiger partial charge in [-0.3, -0.25) is 10.3 Å². The molecule has 7 heteroatoms. The highest BCUT2D eigenvalue weighted by Crippen LogP contribution is 2.46. The van der Waals surface area contributed by atoms with E-state index in [1.54, 1.807) is 31.3 Å². The molecule has 0 fully saturated rings. The maximum atomic E-state index is 7.86. The van der Waals surface area contributed by atoms with Crippen molar-refractivity contribution in [3.8, 4) is 0 Å². The molecular formula is C15H16N4OS2. The van der Waals surface area contributed by atoms with E-state index in [9.17, 15) is 0 Å². The first-order valence-electron chi connectivity index (χ1n) is 6.72. The highest BCUT2D eigenvalue weighted by molar-refractivity contribution is 8.13. The Balaban J connectivity index is 2.01. The molecule has 5 nitrogen and oxygen atoms in total. The van der Waals surface area contributed by atoms with E-state index in [0.717, 1.165) is 27.0 Å². The van der Waals surface area contributed by atoms with E-state index in [0.29, 0.717) is 18.2 Å². The van der Waals surface area contributed by atoms with Gasteiger partial charge in [-0.1, -0.05) is 17.8 Å². The van der Waals surface area contributed by atoms with Gasteiger partial charge >= 0.3 is 0 Å². The summed E-state index contributed by atoms with van der Waals surface area (Å²) in [6.45, 7) is 0.419. The van der Waals surface area contributed by atoms with Crippen LogP contribution in [0.1, 0.15) is 5.56 Å². The number of methoxy groups -OCH3 is 1. The summed E-state index contributed by atoms with van der Waals surface area (Å²) in [7, 11) is 1.67. The van der Waals surface area contributed by atoms with Crippen molar-refractivity contribution in [1.29, 1.82) is 5.41 Å². The summed E-state index contributed by atoms with van der Waals surface area (Å²) in [5.41, 5.74) is 2.18. The zero-order chi connectivity index (χ0) is 15.5. The topological polar surface area (TPSA) is 62.1 Å². The Morgan fingerprint density at radius 2 is 2.18 bits per heavy atom. The second-order valence-electron chi connectivity index (χ2n) is 4.74. The number of rotatable bonds is 4. The molecule has 2 heterocycles. The van der Waals surface area contributed by atoms with Crippen LogP contribution in [0.25, 0.3) is 0 Å². The Kier molecular flexibility index (Phi) is 4.66. The fourth-order valence-corrected chi connectivity index (χ4v) is 3.58. The Morgan fingerprint density at radius 3 is 2.95 bits per heavy atom. The van der Waals surface area contributed by atoms with Gasteiger partial charge in [0.2, 0.25) is 0 Å². The minimum absolute atomic E-state index is 0.419. The molecule has 1 aromatic heterocycles. The fourth-order valence-electron chi connectivity index (χ4n) is 2.28. The minimum atomic E-state index is 0.419. The molecular weight excluding hydrogens is 316 g/mol. The third-order valence-electron chi connectivity index (χ3n) is 3.29. The van der Waals surface area contributed by atoms with Gasteiger partial charge in [-0.05, 0) is 24.0 Å². The zero-order valence-corrected chi connectivity index (χ0v) is 14.0. The van der Waals surface area contributed by atoms with Gasteiger partial charge in [0.25, 0.3) is 0 Å². The third-order valence-corrected chi connectivity index (χ3v) is 4.98. The number of ether oxygens (including phenoxy) is 1. The highest BCUT2D eigenvalue weighted by Gasteiger charge is 2.25. The summed E-state index contributed by atoms with van der Waals surface area (Å²) in [6, 6.07) is 6.27. The molecule has 0 spiro atoms. The van der Waals surface area contributed by atoms with Crippen molar-refractivity contribution in [2.45, 2.75) is 16.3 Å². The van der Waals surface area contributed by atoms with E-state index in [4.69, 9.17) is 10.1 Å². The summed E-state index contributed by atoms with van der Waals surface area (Å²) in [4.78, 5) is 12.0. The molecule has 0 saturated heterocycles. The lowest BCUT2D eigenvalue weighted by atomic mass is 10.1. The van der Waals surface area contributed by atoms with Crippen molar-refractivity contribution < 1.29 is 4.74 Å². The van der Waals surface area contributed by atoms with E-state index < -0.39 is 0 Å². The minimum Gasteiger partial charge on any atom is -0.364 e. The Labute approximate surface area is 138 Å². The van der Waals surface area contributed by atoms with Gasteiger partial charge in [0.15, 0.2) is 5.82 Å². The fraction of sp³-hybridized carbons (Fsp3) is 0.267. The first-order valence-corrected chi connectivity index (χ1v) is 8.76. The molecule has 0 saturated carbocycles. The van der Waals surface area contributed by atoms with Gasteiger partial charge in [0, 0.05) is 30.8 Å². The van der Waals surface area contributed by atoms with Crippen LogP contribution in [0.2, 0.25) is 0 Å². The van der Waals surface area contributed by atoms with E-state index in [2.05, 4.69) is 28.2 Å². The Hall–Kier alpha value is -1.57. The second-order valence-corrected chi connectivity index (χ2v) is 6.67. The lowest BCUT2D eigenvalue weighted by Gasteiger charge is -2.30. The van der Waals surface area contributed by atoms with Gasteiger partial charge in [0.1, 0.15) is 11.8 Å². The number of anilines is 2. The molecule has 114 valence electrons. The van der Waals surface area contributed by atoms with Gasteiger partial charge in [-0.15, -0.1) is 11.8 Å². The monoisotopic (exact) mass is 332 g/mol. The van der Waals surface area contributed by atoms with Gasteiger partial charge in [-0.2, -0.15) is 0 Å². The number of aromatic nitrogens is 2. The standard InChI is InChI=1S/C15H16N4OS2/c1-20-9-19-11-7-10(8-13(16)21-2)3-4-12(11)22-15-14(19)17-5-6-18-15/h3-7,16H,8-9H2,1-2H3. The molecule has 1 aliphatic rings. The number of thioether (sulfide) groups is 1. The lowest BCUT2D eigenvalue weighted by Crippen LogP contribution is -2.24. The SMILES string of the molecule is COCN1c2cc(CC(=N)SC)ccc2Sc2nccnc21. The van der Waals surface area contributed by atoms with Crippen LogP contribution >= 0.6 is 23.5 Å². The smallest absolute Gasteiger partial charge is 0.168 e. The van der Waals surface area contributed by atoms with Crippen molar-refractivity contribution >= 4 is 40.1 Å². The number of benzene rings is 1. The summed E-state index contributed by atoms with van der Waals surface area (Å²) in [5.74, 6) is 0.818. The lowest BCUT2D eigenvalue weighted by molar-refractivity contribution is 0.204. The summed E-state index contributed by atoms with van der Waals surface area (Å²) < 4.78 is 5.34. The largest absolute Gasteiger partial charge is 0.364 e. The first kappa shape index (κ1) is 15.3. The molecule has 0 atom stereocenters. The maximum absolute atomic E-state index is 7.86. The van der Waals surface area contributed by atoms with Crippen LogP contribution in [-0.2, 0) is 11.2 Å². The molecule has 1 aliphatic heterocycles. The highest BCUT2D eigenvalue weighted by atomic mass is 32.2.